The van der Waals surface area contributed by atoms with E-state index in [1.165, 1.54) is 12.1 Å². The van der Waals surface area contributed by atoms with Gasteiger partial charge in [-0.25, -0.2) is 17.6 Å². The first-order valence-electron chi connectivity index (χ1n) is 10.6. The SMILES string of the molecule is CCCc1ccc(C2=CCc3c(ccc(-c4cc(F)c(OC(F)(F)F)c(F)c4)c3F)C2)c(F)c1. The Morgan fingerprint density at radius 2 is 1.53 bits per heavy atom. The van der Waals surface area contributed by atoms with E-state index in [9.17, 15) is 26.3 Å². The van der Waals surface area contributed by atoms with Crippen LogP contribution < -0.4 is 4.74 Å². The third kappa shape index (κ3) is 4.81. The highest BCUT2D eigenvalue weighted by Gasteiger charge is 2.34. The van der Waals surface area contributed by atoms with Crippen LogP contribution in [0.3, 0.4) is 0 Å². The fourth-order valence-corrected chi connectivity index (χ4v) is 4.17. The summed E-state index contributed by atoms with van der Waals surface area (Å²) in [6, 6.07) is 9.11. The molecule has 3 aromatic carbocycles. The average molecular weight is 480 g/mol. The summed E-state index contributed by atoms with van der Waals surface area (Å²) in [7, 11) is 0. The van der Waals surface area contributed by atoms with Crippen LogP contribution in [-0.4, -0.2) is 6.36 Å². The molecular weight excluding hydrogens is 461 g/mol. The van der Waals surface area contributed by atoms with Crippen LogP contribution in [0.15, 0.2) is 48.5 Å². The normalized spacial score (nSPS) is 13.5. The van der Waals surface area contributed by atoms with Crippen LogP contribution in [0.5, 0.6) is 5.75 Å². The second-order valence-corrected chi connectivity index (χ2v) is 8.06. The second-order valence-electron chi connectivity index (χ2n) is 8.06. The summed E-state index contributed by atoms with van der Waals surface area (Å²) in [6.07, 6.45) is -1.53. The fraction of sp³-hybridized carbons (Fsp3) is 0.231. The van der Waals surface area contributed by atoms with Gasteiger partial charge in [-0.3, -0.25) is 0 Å². The van der Waals surface area contributed by atoms with E-state index in [2.05, 4.69) is 4.74 Å². The van der Waals surface area contributed by atoms with Gasteiger partial charge in [-0.15, -0.1) is 13.2 Å². The van der Waals surface area contributed by atoms with Crippen molar-refractivity contribution in [3.63, 3.8) is 0 Å². The molecule has 1 aliphatic carbocycles. The minimum absolute atomic E-state index is 0.126. The Balaban J connectivity index is 1.64. The highest BCUT2D eigenvalue weighted by atomic mass is 19.4. The zero-order chi connectivity index (χ0) is 24.6. The number of halogens is 7. The Kier molecular flexibility index (Phi) is 6.43. The molecule has 0 bridgehead atoms. The first kappa shape index (κ1) is 23.9. The van der Waals surface area contributed by atoms with E-state index in [0.29, 0.717) is 28.8 Å². The van der Waals surface area contributed by atoms with Gasteiger partial charge >= 0.3 is 6.36 Å². The van der Waals surface area contributed by atoms with Gasteiger partial charge in [0.1, 0.15) is 11.6 Å². The Bertz CT molecular complexity index is 1250. The third-order valence-electron chi connectivity index (χ3n) is 5.72. The number of allylic oxidation sites excluding steroid dienone is 2. The number of hydrogen-bond acceptors (Lipinski definition) is 1. The van der Waals surface area contributed by atoms with Gasteiger partial charge in [-0.1, -0.05) is 43.7 Å². The Morgan fingerprint density at radius 3 is 2.15 bits per heavy atom. The lowest BCUT2D eigenvalue weighted by molar-refractivity contribution is -0.276. The summed E-state index contributed by atoms with van der Waals surface area (Å²) < 4.78 is 98.6. The smallest absolute Gasteiger partial charge is 0.399 e. The topological polar surface area (TPSA) is 9.23 Å². The molecule has 0 atom stereocenters. The third-order valence-corrected chi connectivity index (χ3v) is 5.72. The lowest BCUT2D eigenvalue weighted by Crippen LogP contribution is -2.19. The molecule has 178 valence electrons. The maximum Gasteiger partial charge on any atom is 0.573 e. The van der Waals surface area contributed by atoms with Gasteiger partial charge in [0.15, 0.2) is 11.6 Å². The van der Waals surface area contributed by atoms with Gasteiger partial charge in [-0.05, 0) is 65.3 Å². The van der Waals surface area contributed by atoms with E-state index in [4.69, 9.17) is 0 Å². The molecule has 0 unspecified atom stereocenters. The maximum atomic E-state index is 15.3. The first-order valence-corrected chi connectivity index (χ1v) is 10.6. The van der Waals surface area contributed by atoms with E-state index >= 15 is 4.39 Å². The van der Waals surface area contributed by atoms with Crippen molar-refractivity contribution in [2.45, 2.75) is 39.0 Å². The molecule has 0 saturated heterocycles. The molecule has 1 nitrogen and oxygen atoms in total. The molecule has 0 amide bonds. The summed E-state index contributed by atoms with van der Waals surface area (Å²) in [5.74, 6) is -5.91. The average Bonchev–Trinajstić information content (AvgIpc) is 2.76. The lowest BCUT2D eigenvalue weighted by atomic mass is 9.85. The Labute approximate surface area is 191 Å². The summed E-state index contributed by atoms with van der Waals surface area (Å²) >= 11 is 0. The summed E-state index contributed by atoms with van der Waals surface area (Å²) in [5, 5.41) is 0. The van der Waals surface area contributed by atoms with Crippen LogP contribution in [0.1, 0.15) is 35.6 Å². The molecule has 4 rings (SSSR count). The fourth-order valence-electron chi connectivity index (χ4n) is 4.17. The minimum Gasteiger partial charge on any atom is -0.399 e. The lowest BCUT2D eigenvalue weighted by Gasteiger charge is -2.20. The molecule has 0 fully saturated rings. The summed E-state index contributed by atoms with van der Waals surface area (Å²) in [6.45, 7) is 2.00. The molecule has 0 radical (unpaired) electrons. The van der Waals surface area contributed by atoms with Crippen molar-refractivity contribution >= 4 is 5.57 Å². The number of benzene rings is 3. The van der Waals surface area contributed by atoms with E-state index < -0.39 is 29.6 Å². The van der Waals surface area contributed by atoms with Crippen molar-refractivity contribution in [3.05, 3.63) is 94.1 Å². The van der Waals surface area contributed by atoms with Gasteiger partial charge < -0.3 is 4.74 Å². The van der Waals surface area contributed by atoms with Crippen molar-refractivity contribution < 1.29 is 35.5 Å². The van der Waals surface area contributed by atoms with Gasteiger partial charge in [-0.2, -0.15) is 0 Å². The molecule has 34 heavy (non-hydrogen) atoms. The van der Waals surface area contributed by atoms with Gasteiger partial charge in [0.2, 0.25) is 5.75 Å². The maximum absolute atomic E-state index is 15.3. The molecule has 0 aromatic heterocycles. The van der Waals surface area contributed by atoms with Gasteiger partial charge in [0.25, 0.3) is 0 Å². The summed E-state index contributed by atoms with van der Waals surface area (Å²) in [4.78, 5) is 0. The number of hydrogen-bond donors (Lipinski definition) is 0. The van der Waals surface area contributed by atoms with E-state index in [1.54, 1.807) is 18.2 Å². The molecule has 0 N–H and O–H groups in total. The molecule has 3 aromatic rings. The molecule has 0 spiro atoms. The zero-order valence-electron chi connectivity index (χ0n) is 18.0. The van der Waals surface area contributed by atoms with Crippen molar-refractivity contribution in [2.24, 2.45) is 0 Å². The van der Waals surface area contributed by atoms with Crippen LogP contribution in [0.2, 0.25) is 0 Å². The predicted molar refractivity (Wildman–Crippen MR) is 114 cm³/mol. The van der Waals surface area contributed by atoms with E-state index in [-0.39, 0.29) is 35.3 Å². The largest absolute Gasteiger partial charge is 0.573 e. The molecule has 0 aliphatic heterocycles. The highest BCUT2D eigenvalue weighted by molar-refractivity contribution is 5.74. The van der Waals surface area contributed by atoms with Crippen molar-refractivity contribution in [2.75, 3.05) is 0 Å². The van der Waals surface area contributed by atoms with Crippen molar-refractivity contribution in [1.29, 1.82) is 0 Å². The van der Waals surface area contributed by atoms with Gasteiger partial charge in [0.05, 0.1) is 0 Å². The predicted octanol–water partition coefficient (Wildman–Crippen LogP) is 7.94. The molecular formula is C26H19F7O. The first-order chi connectivity index (χ1) is 16.1. The minimum atomic E-state index is -5.28. The second kappa shape index (κ2) is 9.16. The van der Waals surface area contributed by atoms with Crippen LogP contribution >= 0.6 is 0 Å². The van der Waals surface area contributed by atoms with Crippen LogP contribution in [0.25, 0.3) is 16.7 Å². The van der Waals surface area contributed by atoms with Crippen LogP contribution in [0, 0.1) is 23.3 Å². The van der Waals surface area contributed by atoms with E-state index in [0.717, 1.165) is 18.4 Å². The monoisotopic (exact) mass is 480 g/mol. The molecule has 8 heteroatoms. The van der Waals surface area contributed by atoms with E-state index in [1.807, 2.05) is 13.0 Å². The summed E-state index contributed by atoms with van der Waals surface area (Å²) in [5.41, 5.74) is 2.46. The highest BCUT2D eigenvalue weighted by Crippen LogP contribution is 2.37. The Hall–Kier alpha value is -3.29. The number of fused-ring (bicyclic) bond motifs is 1. The zero-order valence-corrected chi connectivity index (χ0v) is 18.0. The molecule has 1 aliphatic rings. The van der Waals surface area contributed by atoms with Crippen LogP contribution in [-0.2, 0) is 19.3 Å². The van der Waals surface area contributed by atoms with Crippen molar-refractivity contribution in [3.8, 4) is 16.9 Å². The molecule has 0 heterocycles. The number of rotatable bonds is 5. The Morgan fingerprint density at radius 1 is 0.853 bits per heavy atom. The molecule has 0 saturated carbocycles. The number of alkyl halides is 3. The standard InChI is InChI=1S/C26H19F7O/c1-2-3-14-4-7-18(21(27)10-14)15-5-8-19-16(11-15)6-9-20(24(19)30)17-12-22(28)25(23(29)13-17)34-26(31,32)33/h4-7,9-10,12-13H,2-3,8,11H2,1H3. The van der Waals surface area contributed by atoms with Crippen LogP contribution in [0.4, 0.5) is 30.7 Å². The quantitative estimate of drug-likeness (QED) is 0.337. The number of aryl methyl sites for hydroxylation is 1. The van der Waals surface area contributed by atoms with Crippen molar-refractivity contribution in [1.82, 2.24) is 0 Å². The number of ether oxygens (including phenoxy) is 1. The van der Waals surface area contributed by atoms with Gasteiger partial charge in [0, 0.05) is 11.1 Å².